The minimum atomic E-state index is -0.382. The van der Waals surface area contributed by atoms with E-state index in [9.17, 15) is 0 Å². The molecule has 6 heteroatoms. The van der Waals surface area contributed by atoms with Crippen molar-refractivity contribution in [3.8, 4) is 11.4 Å². The standard InChI is InChI=1S/C24H37ClN4O/c1-3-4-5-6-7-8-9-10-11-12-19-17-20(14-13-18(19)2)21-27-23(30-29-21)24(15-16-24)22(26)28-25/h13-14,17,22,28H,3-12,15-16,26H2,1-2H3. The number of aromatic nitrogens is 2. The maximum Gasteiger partial charge on any atom is 0.236 e. The molecule has 1 aliphatic carbocycles. The summed E-state index contributed by atoms with van der Waals surface area (Å²) in [6, 6.07) is 6.45. The lowest BCUT2D eigenvalue weighted by Crippen LogP contribution is -2.43. The summed E-state index contributed by atoms with van der Waals surface area (Å²) in [6.07, 6.45) is 14.7. The van der Waals surface area contributed by atoms with Crippen molar-refractivity contribution in [1.29, 1.82) is 0 Å². The van der Waals surface area contributed by atoms with Crippen LogP contribution in [0.3, 0.4) is 0 Å². The molecule has 5 nitrogen and oxygen atoms in total. The van der Waals surface area contributed by atoms with Gasteiger partial charge in [0, 0.05) is 5.56 Å². The Morgan fingerprint density at radius 1 is 1.10 bits per heavy atom. The van der Waals surface area contributed by atoms with Crippen LogP contribution in [0.15, 0.2) is 22.7 Å². The van der Waals surface area contributed by atoms with E-state index in [1.54, 1.807) is 0 Å². The third-order valence-corrected chi connectivity index (χ3v) is 6.75. The largest absolute Gasteiger partial charge is 0.338 e. The predicted molar refractivity (Wildman–Crippen MR) is 123 cm³/mol. The van der Waals surface area contributed by atoms with Gasteiger partial charge in [0.2, 0.25) is 11.7 Å². The molecule has 1 saturated carbocycles. The Hall–Kier alpha value is -1.43. The van der Waals surface area contributed by atoms with Gasteiger partial charge in [0.1, 0.15) is 0 Å². The molecule has 1 aromatic heterocycles. The van der Waals surface area contributed by atoms with E-state index in [-0.39, 0.29) is 11.6 Å². The molecule has 166 valence electrons. The molecular formula is C24H37ClN4O. The van der Waals surface area contributed by atoms with Gasteiger partial charge in [0.15, 0.2) is 0 Å². The zero-order valence-electron chi connectivity index (χ0n) is 18.6. The van der Waals surface area contributed by atoms with Crippen LogP contribution in [0.5, 0.6) is 0 Å². The van der Waals surface area contributed by atoms with Gasteiger partial charge in [-0.2, -0.15) is 4.98 Å². The molecule has 1 fully saturated rings. The Morgan fingerprint density at radius 3 is 2.40 bits per heavy atom. The molecule has 1 heterocycles. The fourth-order valence-electron chi connectivity index (χ4n) is 4.15. The Kier molecular flexibility index (Phi) is 8.72. The summed E-state index contributed by atoms with van der Waals surface area (Å²) in [7, 11) is 0. The van der Waals surface area contributed by atoms with Crippen molar-refractivity contribution in [3.63, 3.8) is 0 Å². The lowest BCUT2D eigenvalue weighted by molar-refractivity contribution is 0.318. The second-order valence-electron chi connectivity index (χ2n) is 8.89. The van der Waals surface area contributed by atoms with E-state index < -0.39 is 0 Å². The number of aryl methyl sites for hydroxylation is 2. The first-order valence-electron chi connectivity index (χ1n) is 11.7. The Labute approximate surface area is 186 Å². The molecule has 0 bridgehead atoms. The first-order chi connectivity index (χ1) is 14.6. The van der Waals surface area contributed by atoms with Crippen molar-refractivity contribution in [3.05, 3.63) is 35.2 Å². The van der Waals surface area contributed by atoms with Gasteiger partial charge in [-0.1, -0.05) is 75.6 Å². The van der Waals surface area contributed by atoms with Gasteiger partial charge in [-0.05, 0) is 61.6 Å². The van der Waals surface area contributed by atoms with E-state index >= 15 is 0 Å². The number of halogens is 1. The summed E-state index contributed by atoms with van der Waals surface area (Å²) in [5.41, 5.74) is 9.47. The number of hydrogen-bond acceptors (Lipinski definition) is 5. The molecule has 2 aromatic rings. The summed E-state index contributed by atoms with van der Waals surface area (Å²) in [6.45, 7) is 4.45. The average molecular weight is 433 g/mol. The molecule has 1 atom stereocenters. The van der Waals surface area contributed by atoms with Crippen molar-refractivity contribution < 1.29 is 4.52 Å². The summed E-state index contributed by atoms with van der Waals surface area (Å²) >= 11 is 5.73. The van der Waals surface area contributed by atoms with Crippen LogP contribution in [-0.2, 0) is 11.8 Å². The van der Waals surface area contributed by atoms with Crippen LogP contribution in [0.1, 0.15) is 94.6 Å². The molecule has 0 aliphatic heterocycles. The van der Waals surface area contributed by atoms with E-state index in [0.29, 0.717) is 11.7 Å². The molecule has 3 rings (SSSR count). The fourth-order valence-corrected chi connectivity index (χ4v) is 4.35. The van der Waals surface area contributed by atoms with Gasteiger partial charge < -0.3 is 10.3 Å². The highest BCUT2D eigenvalue weighted by Crippen LogP contribution is 2.49. The second kappa shape index (κ2) is 11.3. The molecule has 3 N–H and O–H groups in total. The van der Waals surface area contributed by atoms with Crippen LogP contribution in [0.4, 0.5) is 0 Å². The summed E-state index contributed by atoms with van der Waals surface area (Å²) in [4.78, 5) is 7.25. The van der Waals surface area contributed by atoms with E-state index in [1.165, 1.54) is 68.9 Å². The highest BCUT2D eigenvalue weighted by molar-refractivity contribution is 6.13. The Bertz CT molecular complexity index is 787. The molecule has 0 saturated heterocycles. The molecule has 1 aromatic carbocycles. The first-order valence-corrected chi connectivity index (χ1v) is 12.0. The highest BCUT2D eigenvalue weighted by atomic mass is 35.5. The number of hydrogen-bond donors (Lipinski definition) is 2. The maximum absolute atomic E-state index is 6.09. The number of nitrogens with one attached hydrogen (secondary N) is 1. The van der Waals surface area contributed by atoms with Crippen LogP contribution in [0.25, 0.3) is 11.4 Å². The number of rotatable bonds is 14. The van der Waals surface area contributed by atoms with Gasteiger partial charge >= 0.3 is 0 Å². The van der Waals surface area contributed by atoms with Crippen molar-refractivity contribution >= 4 is 11.8 Å². The number of benzene rings is 1. The van der Waals surface area contributed by atoms with Gasteiger partial charge in [0.05, 0.1) is 11.6 Å². The molecule has 1 aliphatic rings. The topological polar surface area (TPSA) is 77.0 Å². The monoisotopic (exact) mass is 432 g/mol. The fraction of sp³-hybridized carbons (Fsp3) is 0.667. The summed E-state index contributed by atoms with van der Waals surface area (Å²) < 4.78 is 5.56. The van der Waals surface area contributed by atoms with Gasteiger partial charge in [-0.25, -0.2) is 4.84 Å². The van der Waals surface area contributed by atoms with E-state index in [4.69, 9.17) is 22.0 Å². The van der Waals surface area contributed by atoms with Crippen LogP contribution in [0, 0.1) is 6.92 Å². The van der Waals surface area contributed by atoms with Crippen LogP contribution in [0.2, 0.25) is 0 Å². The smallest absolute Gasteiger partial charge is 0.236 e. The lowest BCUT2D eigenvalue weighted by atomic mass is 9.98. The van der Waals surface area contributed by atoms with Crippen LogP contribution >= 0.6 is 11.8 Å². The maximum atomic E-state index is 6.09. The van der Waals surface area contributed by atoms with E-state index in [0.717, 1.165) is 24.8 Å². The van der Waals surface area contributed by atoms with Crippen LogP contribution < -0.4 is 10.6 Å². The van der Waals surface area contributed by atoms with Crippen molar-refractivity contribution in [2.45, 2.75) is 102 Å². The molecule has 1 unspecified atom stereocenters. The summed E-state index contributed by atoms with van der Waals surface area (Å²) in [5, 5.41) is 4.22. The van der Waals surface area contributed by atoms with E-state index in [2.05, 4.69) is 47.0 Å². The number of nitrogens with zero attached hydrogens (tertiary/aromatic N) is 2. The average Bonchev–Trinajstić information content (AvgIpc) is 3.42. The zero-order valence-corrected chi connectivity index (χ0v) is 19.3. The normalized spacial score (nSPS) is 16.0. The quantitative estimate of drug-likeness (QED) is 0.212. The van der Waals surface area contributed by atoms with Crippen molar-refractivity contribution in [1.82, 2.24) is 15.0 Å². The highest BCUT2D eigenvalue weighted by Gasteiger charge is 2.54. The van der Waals surface area contributed by atoms with Gasteiger partial charge in [-0.15, -0.1) is 0 Å². The third-order valence-electron chi connectivity index (χ3n) is 6.51. The minimum Gasteiger partial charge on any atom is -0.338 e. The van der Waals surface area contributed by atoms with Gasteiger partial charge in [-0.3, -0.25) is 0 Å². The predicted octanol–water partition coefficient (Wildman–Crippen LogP) is 6.18. The van der Waals surface area contributed by atoms with Crippen molar-refractivity contribution in [2.75, 3.05) is 0 Å². The molecule has 0 amide bonds. The SMILES string of the molecule is CCCCCCCCCCCc1cc(-c2noc(C3(C(N)NCl)CC3)n2)ccc1C. The lowest BCUT2D eigenvalue weighted by Gasteiger charge is -2.16. The number of nitrogens with two attached hydrogens (primary N) is 1. The molecule has 0 spiro atoms. The molecule has 30 heavy (non-hydrogen) atoms. The Balaban J connectivity index is 1.51. The first kappa shape index (κ1) is 23.2. The summed E-state index contributed by atoms with van der Waals surface area (Å²) in [5.74, 6) is 1.21. The van der Waals surface area contributed by atoms with Crippen molar-refractivity contribution in [2.24, 2.45) is 5.73 Å². The van der Waals surface area contributed by atoms with E-state index in [1.807, 2.05) is 0 Å². The van der Waals surface area contributed by atoms with Crippen LogP contribution in [-0.4, -0.2) is 16.3 Å². The van der Waals surface area contributed by atoms with Gasteiger partial charge in [0.25, 0.3) is 0 Å². The zero-order chi connectivity index (χ0) is 21.4. The molecule has 0 radical (unpaired) electrons. The molecular weight excluding hydrogens is 396 g/mol. The minimum absolute atomic E-state index is 0.322. The third kappa shape index (κ3) is 5.83. The second-order valence-corrected chi connectivity index (χ2v) is 9.10. The number of unbranched alkanes of at least 4 members (excludes halogenated alkanes) is 8. The Morgan fingerprint density at radius 2 is 1.77 bits per heavy atom.